The van der Waals surface area contributed by atoms with Crippen molar-refractivity contribution in [2.45, 2.75) is 0 Å². The Bertz CT molecular complexity index is 1060. The van der Waals surface area contributed by atoms with E-state index in [1.807, 2.05) is 17.0 Å². The van der Waals surface area contributed by atoms with Gasteiger partial charge in [0.15, 0.2) is 0 Å². The second-order valence-corrected chi connectivity index (χ2v) is 6.37. The molecule has 1 aliphatic heterocycles. The van der Waals surface area contributed by atoms with Gasteiger partial charge in [-0.05, 0) is 17.5 Å². The Morgan fingerprint density at radius 2 is 1.79 bits per heavy atom. The number of hydrogen-bond donors (Lipinski definition) is 0. The summed E-state index contributed by atoms with van der Waals surface area (Å²) in [6.07, 6.45) is 1.64. The van der Waals surface area contributed by atoms with Crippen molar-refractivity contribution in [3.05, 3.63) is 54.2 Å². The van der Waals surface area contributed by atoms with Crippen LogP contribution in [-0.4, -0.2) is 55.1 Å². The smallest absolute Gasteiger partial charge is 0.379 e. The molecule has 0 unspecified atom stereocenters. The van der Waals surface area contributed by atoms with Gasteiger partial charge in [-0.25, -0.2) is 9.78 Å². The fourth-order valence-corrected chi connectivity index (χ4v) is 3.18. The fraction of sp³-hybridized carbons (Fsp3) is 0.238. The first-order valence-corrected chi connectivity index (χ1v) is 9.15. The van der Waals surface area contributed by atoms with E-state index in [9.17, 15) is 9.59 Å². The predicted octanol–water partition coefficient (Wildman–Crippen LogP) is 2.61. The number of ketones is 1. The number of carbonyl (C=O) groups is 2. The lowest BCUT2D eigenvalue weighted by Crippen LogP contribution is -2.37. The summed E-state index contributed by atoms with van der Waals surface area (Å²) in [7, 11) is 1.18. The molecule has 3 aromatic rings. The Balaban J connectivity index is 1.67. The van der Waals surface area contributed by atoms with Gasteiger partial charge in [0.2, 0.25) is 11.8 Å². The second-order valence-electron chi connectivity index (χ2n) is 6.37. The first-order chi connectivity index (χ1) is 14.2. The van der Waals surface area contributed by atoms with E-state index in [4.69, 9.17) is 9.47 Å². The molecule has 0 saturated carbocycles. The van der Waals surface area contributed by atoms with E-state index in [0.717, 1.165) is 13.1 Å². The molecule has 29 heavy (non-hydrogen) atoms. The average molecular weight is 393 g/mol. The summed E-state index contributed by atoms with van der Waals surface area (Å²) in [5, 5.41) is 1.29. The normalized spacial score (nSPS) is 13.9. The zero-order valence-corrected chi connectivity index (χ0v) is 15.8. The molecular formula is C21H19N3O5. The fourth-order valence-electron chi connectivity index (χ4n) is 3.18. The lowest BCUT2D eigenvalue weighted by molar-refractivity contribution is -0.135. The molecule has 0 spiro atoms. The van der Waals surface area contributed by atoms with Crippen LogP contribution in [0.15, 0.2) is 48.7 Å². The maximum atomic E-state index is 12.3. The lowest BCUT2D eigenvalue weighted by atomic mass is 10.0. The molecule has 2 aromatic carbocycles. The van der Waals surface area contributed by atoms with Crippen molar-refractivity contribution < 1.29 is 23.8 Å². The molecule has 0 N–H and O–H groups in total. The highest BCUT2D eigenvalue weighted by Crippen LogP contribution is 2.32. The van der Waals surface area contributed by atoms with Crippen LogP contribution in [0.4, 0.5) is 5.95 Å². The number of aromatic nitrogens is 2. The number of fused-ring (bicyclic) bond motifs is 1. The molecule has 0 amide bonds. The number of esters is 1. The molecule has 0 radical (unpaired) electrons. The third-order valence-electron chi connectivity index (χ3n) is 4.63. The maximum absolute atomic E-state index is 12.3. The minimum Gasteiger partial charge on any atom is -0.463 e. The van der Waals surface area contributed by atoms with Crippen molar-refractivity contribution in [1.82, 2.24) is 9.97 Å². The molecule has 4 rings (SSSR count). The Morgan fingerprint density at radius 1 is 1.03 bits per heavy atom. The topological polar surface area (TPSA) is 90.9 Å². The van der Waals surface area contributed by atoms with Gasteiger partial charge in [-0.15, -0.1) is 0 Å². The Kier molecular flexibility index (Phi) is 5.35. The van der Waals surface area contributed by atoms with Crippen LogP contribution in [0.3, 0.4) is 0 Å². The number of rotatable bonds is 5. The van der Waals surface area contributed by atoms with Gasteiger partial charge >= 0.3 is 5.97 Å². The molecule has 148 valence electrons. The summed E-state index contributed by atoms with van der Waals surface area (Å²) >= 11 is 0. The molecule has 1 aliphatic rings. The van der Waals surface area contributed by atoms with Crippen molar-refractivity contribution in [3.8, 4) is 11.6 Å². The Hall–Kier alpha value is -3.52. The summed E-state index contributed by atoms with van der Waals surface area (Å²) in [6.45, 7) is 2.71. The largest absolute Gasteiger partial charge is 0.463 e. The summed E-state index contributed by atoms with van der Waals surface area (Å²) in [5.41, 5.74) is 0.261. The van der Waals surface area contributed by atoms with Crippen LogP contribution in [0.25, 0.3) is 10.8 Å². The predicted molar refractivity (Wildman–Crippen MR) is 105 cm³/mol. The second kappa shape index (κ2) is 8.24. The quantitative estimate of drug-likeness (QED) is 0.371. The lowest BCUT2D eigenvalue weighted by Gasteiger charge is -2.26. The van der Waals surface area contributed by atoms with Gasteiger partial charge in [0, 0.05) is 36.3 Å². The highest BCUT2D eigenvalue weighted by Gasteiger charge is 2.21. The number of methoxy groups -OCH3 is 1. The van der Waals surface area contributed by atoms with Gasteiger partial charge in [-0.2, -0.15) is 4.98 Å². The molecule has 0 atom stereocenters. The zero-order valence-electron chi connectivity index (χ0n) is 15.8. The maximum Gasteiger partial charge on any atom is 0.379 e. The Morgan fingerprint density at radius 3 is 2.55 bits per heavy atom. The molecule has 0 aliphatic carbocycles. The van der Waals surface area contributed by atoms with E-state index in [1.54, 1.807) is 36.5 Å². The van der Waals surface area contributed by atoms with Crippen molar-refractivity contribution >= 4 is 28.5 Å². The number of anilines is 1. The highest BCUT2D eigenvalue weighted by atomic mass is 16.5. The number of Topliss-reactive ketones (excluding diaryl/α,β-unsaturated/α-hetero) is 1. The van der Waals surface area contributed by atoms with Crippen LogP contribution >= 0.6 is 0 Å². The molecule has 0 bridgehead atoms. The molecule has 1 saturated heterocycles. The number of benzene rings is 2. The van der Waals surface area contributed by atoms with Crippen molar-refractivity contribution in [3.63, 3.8) is 0 Å². The van der Waals surface area contributed by atoms with Crippen LogP contribution in [-0.2, 0) is 14.3 Å². The van der Waals surface area contributed by atoms with Crippen LogP contribution in [0.5, 0.6) is 11.6 Å². The van der Waals surface area contributed by atoms with Gasteiger partial charge in [0.1, 0.15) is 5.75 Å². The highest BCUT2D eigenvalue weighted by molar-refractivity contribution is 6.43. The van der Waals surface area contributed by atoms with Crippen LogP contribution < -0.4 is 9.64 Å². The van der Waals surface area contributed by atoms with Crippen LogP contribution in [0, 0.1) is 0 Å². The minimum absolute atomic E-state index is 0.261. The molecule has 8 nitrogen and oxygen atoms in total. The number of morpholine rings is 1. The van der Waals surface area contributed by atoms with Gasteiger partial charge in [-0.3, -0.25) is 4.79 Å². The average Bonchev–Trinajstić information content (AvgIpc) is 2.79. The molecular weight excluding hydrogens is 374 g/mol. The van der Waals surface area contributed by atoms with Crippen LogP contribution in [0.2, 0.25) is 0 Å². The molecule has 1 aromatic heterocycles. The molecule has 2 heterocycles. The summed E-state index contributed by atoms with van der Waals surface area (Å²) in [4.78, 5) is 34.9. The first-order valence-electron chi connectivity index (χ1n) is 9.15. The standard InChI is InChI=1S/C21H19N3O5/c1-27-20(26)19(25)16-6-7-17(15-5-3-2-4-14(15)16)29-18-8-9-22-21(23-18)24-10-12-28-13-11-24/h2-9H,10-13H2,1H3. The van der Waals surface area contributed by atoms with E-state index in [2.05, 4.69) is 14.7 Å². The van der Waals surface area contributed by atoms with Crippen molar-refractivity contribution in [1.29, 1.82) is 0 Å². The monoisotopic (exact) mass is 393 g/mol. The summed E-state index contributed by atoms with van der Waals surface area (Å²) in [5.74, 6) is -0.124. The third kappa shape index (κ3) is 3.88. The van der Waals surface area contributed by atoms with E-state index < -0.39 is 11.8 Å². The van der Waals surface area contributed by atoms with E-state index in [-0.39, 0.29) is 5.56 Å². The van der Waals surface area contributed by atoms with E-state index in [1.165, 1.54) is 7.11 Å². The summed E-state index contributed by atoms with van der Waals surface area (Å²) in [6, 6.07) is 12.1. The first kappa shape index (κ1) is 18.8. The number of nitrogens with zero attached hydrogens (tertiary/aromatic N) is 3. The van der Waals surface area contributed by atoms with Gasteiger partial charge in [0.25, 0.3) is 5.78 Å². The number of carbonyl (C=O) groups excluding carboxylic acids is 2. The van der Waals surface area contributed by atoms with Crippen molar-refractivity contribution in [2.24, 2.45) is 0 Å². The number of hydrogen-bond acceptors (Lipinski definition) is 8. The van der Waals surface area contributed by atoms with Gasteiger partial charge in [-0.1, -0.05) is 24.3 Å². The molecule has 1 fully saturated rings. The third-order valence-corrected chi connectivity index (χ3v) is 4.63. The van der Waals surface area contributed by atoms with Gasteiger partial charge < -0.3 is 19.1 Å². The van der Waals surface area contributed by atoms with Crippen LogP contribution in [0.1, 0.15) is 10.4 Å². The molecule has 8 heteroatoms. The van der Waals surface area contributed by atoms with Gasteiger partial charge in [0.05, 0.1) is 20.3 Å². The van der Waals surface area contributed by atoms with E-state index in [0.29, 0.717) is 41.6 Å². The zero-order chi connectivity index (χ0) is 20.2. The van der Waals surface area contributed by atoms with E-state index >= 15 is 0 Å². The summed E-state index contributed by atoms with van der Waals surface area (Å²) < 4.78 is 15.9. The number of ether oxygens (including phenoxy) is 3. The SMILES string of the molecule is COC(=O)C(=O)c1ccc(Oc2ccnc(N3CCOCC3)n2)c2ccccc12. The Labute approximate surface area is 167 Å². The van der Waals surface area contributed by atoms with Crippen molar-refractivity contribution in [2.75, 3.05) is 38.3 Å². The minimum atomic E-state index is -0.908.